The van der Waals surface area contributed by atoms with Gasteiger partial charge >= 0.3 is 5.97 Å². The van der Waals surface area contributed by atoms with E-state index in [1.54, 1.807) is 55.5 Å². The van der Waals surface area contributed by atoms with Crippen molar-refractivity contribution in [2.45, 2.75) is 12.3 Å². The Morgan fingerprint density at radius 1 is 1.23 bits per heavy atom. The summed E-state index contributed by atoms with van der Waals surface area (Å²) >= 11 is 0. The molecule has 0 amide bonds. The Morgan fingerprint density at radius 2 is 2.00 bits per heavy atom. The van der Waals surface area contributed by atoms with Crippen molar-refractivity contribution in [3.63, 3.8) is 0 Å². The zero-order valence-electron chi connectivity index (χ0n) is 16.8. The summed E-state index contributed by atoms with van der Waals surface area (Å²) in [6, 6.07) is 8.26. The van der Waals surface area contributed by atoms with Gasteiger partial charge in [0.15, 0.2) is 0 Å². The highest BCUT2D eigenvalue weighted by molar-refractivity contribution is 5.94. The molecule has 0 aliphatic carbocycles. The molecule has 1 atom stereocenters. The maximum Gasteiger partial charge on any atom is 0.312 e. The van der Waals surface area contributed by atoms with Crippen LogP contribution in [-0.4, -0.2) is 28.0 Å². The van der Waals surface area contributed by atoms with Gasteiger partial charge in [-0.1, -0.05) is 12.1 Å². The van der Waals surface area contributed by atoms with E-state index < -0.39 is 11.9 Å². The van der Waals surface area contributed by atoms with Crippen molar-refractivity contribution in [2.24, 2.45) is 7.05 Å². The lowest BCUT2D eigenvalue weighted by Gasteiger charge is -2.24. The van der Waals surface area contributed by atoms with Gasteiger partial charge in [0.05, 0.1) is 25.3 Å². The van der Waals surface area contributed by atoms with E-state index in [9.17, 15) is 14.7 Å². The first-order valence-electron chi connectivity index (χ1n) is 9.61. The molecule has 31 heavy (non-hydrogen) atoms. The van der Waals surface area contributed by atoms with Crippen molar-refractivity contribution in [3.8, 4) is 28.4 Å². The molecule has 0 fully saturated rings. The normalized spacial score (nSPS) is 15.5. The molecule has 0 unspecified atom stereocenters. The second-order valence-corrected chi connectivity index (χ2v) is 7.40. The summed E-state index contributed by atoms with van der Waals surface area (Å²) in [5.74, 6) is -0.319. The van der Waals surface area contributed by atoms with Crippen LogP contribution in [-0.2, 0) is 11.8 Å². The number of rotatable bonds is 3. The van der Waals surface area contributed by atoms with E-state index in [1.165, 1.54) is 12.3 Å². The number of aryl methyl sites for hydroxylation is 1. The fraction of sp³-hybridized carbons (Fsp3) is 0.174. The fourth-order valence-corrected chi connectivity index (χ4v) is 4.01. The Morgan fingerprint density at radius 3 is 2.68 bits per heavy atom. The van der Waals surface area contributed by atoms with Crippen molar-refractivity contribution in [2.75, 3.05) is 7.11 Å². The number of carbonyl (C=O) groups is 1. The summed E-state index contributed by atoms with van der Waals surface area (Å²) in [6.45, 7) is 0. The van der Waals surface area contributed by atoms with Crippen LogP contribution in [0.3, 0.4) is 0 Å². The monoisotopic (exact) mass is 418 g/mol. The summed E-state index contributed by atoms with van der Waals surface area (Å²) in [5.41, 5.74) is 2.07. The summed E-state index contributed by atoms with van der Waals surface area (Å²) in [4.78, 5) is 25.5. The summed E-state index contributed by atoms with van der Waals surface area (Å²) in [5, 5.41) is 14.8. The number of benzene rings is 2. The third-order valence-electron chi connectivity index (χ3n) is 5.50. The second kappa shape index (κ2) is 7.02. The average molecular weight is 418 g/mol. The molecular formula is C23H18N2O6. The standard InChI is InChI=1S/C23H18N2O6/c1-25-10-13(9-24-25)15-7-19(27)31-18-8-17(26)21-22(28)16(11-30-23(21)20(15)18)12-3-5-14(29-2)6-4-12/h3-6,8-11,15,26H,7H2,1-2H3/t15-/m1/s1. The molecule has 1 aliphatic heterocycles. The quantitative estimate of drug-likeness (QED) is 0.402. The van der Waals surface area contributed by atoms with Crippen LogP contribution in [0.2, 0.25) is 0 Å². The topological polar surface area (TPSA) is 104 Å². The molecule has 0 bridgehead atoms. The van der Waals surface area contributed by atoms with Crippen LogP contribution < -0.4 is 14.9 Å². The van der Waals surface area contributed by atoms with Gasteiger partial charge in [-0.15, -0.1) is 0 Å². The van der Waals surface area contributed by atoms with Crippen LogP contribution >= 0.6 is 0 Å². The molecule has 4 aromatic rings. The van der Waals surface area contributed by atoms with Gasteiger partial charge < -0.3 is 19.0 Å². The zero-order valence-corrected chi connectivity index (χ0v) is 16.8. The minimum absolute atomic E-state index is 0.0407. The van der Waals surface area contributed by atoms with Gasteiger partial charge in [-0.3, -0.25) is 14.3 Å². The fourth-order valence-electron chi connectivity index (χ4n) is 4.01. The first-order chi connectivity index (χ1) is 15.0. The Bertz CT molecular complexity index is 1380. The number of ether oxygens (including phenoxy) is 2. The molecule has 0 saturated carbocycles. The van der Waals surface area contributed by atoms with Crippen LogP contribution in [0.25, 0.3) is 22.1 Å². The van der Waals surface area contributed by atoms with Crippen LogP contribution in [0.5, 0.6) is 17.2 Å². The number of aromatic hydroxyl groups is 1. The number of methoxy groups -OCH3 is 1. The molecule has 156 valence electrons. The minimum atomic E-state index is -0.433. The van der Waals surface area contributed by atoms with Gasteiger partial charge in [-0.2, -0.15) is 5.10 Å². The van der Waals surface area contributed by atoms with Gasteiger partial charge in [-0.25, -0.2) is 0 Å². The van der Waals surface area contributed by atoms with Crippen molar-refractivity contribution in [1.29, 1.82) is 0 Å². The predicted octanol–water partition coefficient (Wildman–Crippen LogP) is 3.35. The molecule has 2 aromatic heterocycles. The molecule has 1 aliphatic rings. The number of nitrogens with zero attached hydrogens (tertiary/aromatic N) is 2. The molecule has 8 nitrogen and oxygen atoms in total. The smallest absolute Gasteiger partial charge is 0.312 e. The Labute approximate surface area is 176 Å². The summed E-state index contributed by atoms with van der Waals surface area (Å²) in [6.07, 6.45) is 4.90. The van der Waals surface area contributed by atoms with E-state index in [2.05, 4.69) is 5.10 Å². The number of phenolic OH excluding ortho intramolecular Hbond substituents is 1. The van der Waals surface area contributed by atoms with Gasteiger partial charge in [0.25, 0.3) is 0 Å². The highest BCUT2D eigenvalue weighted by Gasteiger charge is 2.34. The van der Waals surface area contributed by atoms with Crippen LogP contribution in [0.15, 0.2) is 58.2 Å². The zero-order chi connectivity index (χ0) is 21.7. The molecular weight excluding hydrogens is 400 g/mol. The molecule has 0 saturated heterocycles. The third kappa shape index (κ3) is 3.04. The van der Waals surface area contributed by atoms with E-state index in [0.717, 1.165) is 5.56 Å². The predicted molar refractivity (Wildman–Crippen MR) is 111 cm³/mol. The molecule has 8 heteroatoms. The third-order valence-corrected chi connectivity index (χ3v) is 5.50. The van der Waals surface area contributed by atoms with E-state index in [0.29, 0.717) is 22.4 Å². The van der Waals surface area contributed by atoms with Gasteiger partial charge in [-0.05, 0) is 23.3 Å². The van der Waals surface area contributed by atoms with E-state index >= 15 is 0 Å². The van der Waals surface area contributed by atoms with Crippen LogP contribution in [0.1, 0.15) is 23.5 Å². The van der Waals surface area contributed by atoms with Crippen LogP contribution in [0, 0.1) is 0 Å². The number of aromatic nitrogens is 2. The first-order valence-corrected chi connectivity index (χ1v) is 9.61. The molecule has 5 rings (SSSR count). The lowest BCUT2D eigenvalue weighted by Crippen LogP contribution is -2.22. The molecule has 0 spiro atoms. The Balaban J connectivity index is 1.75. The molecule has 1 N–H and O–H groups in total. The summed E-state index contributed by atoms with van der Waals surface area (Å²) in [7, 11) is 3.34. The maximum atomic E-state index is 13.3. The number of phenols is 1. The molecule has 2 aromatic carbocycles. The van der Waals surface area contributed by atoms with Crippen molar-refractivity contribution < 1.29 is 23.8 Å². The van der Waals surface area contributed by atoms with E-state index in [4.69, 9.17) is 13.9 Å². The molecule has 0 radical (unpaired) electrons. The number of fused-ring (bicyclic) bond motifs is 3. The van der Waals surface area contributed by atoms with Gasteiger partial charge in [0.1, 0.15) is 34.5 Å². The lowest BCUT2D eigenvalue weighted by molar-refractivity contribution is -0.135. The molecule has 3 heterocycles. The maximum absolute atomic E-state index is 13.3. The SMILES string of the molecule is COc1ccc(-c2coc3c4c(cc(O)c3c2=O)OC(=O)C[C@@H]4c2cnn(C)c2)cc1. The number of carbonyl (C=O) groups excluding carboxylic acids is 1. The van der Waals surface area contributed by atoms with Gasteiger partial charge in [0, 0.05) is 30.8 Å². The number of esters is 1. The highest BCUT2D eigenvalue weighted by Crippen LogP contribution is 2.45. The van der Waals surface area contributed by atoms with E-state index in [1.807, 2.05) is 0 Å². The Kier molecular flexibility index (Phi) is 4.28. The largest absolute Gasteiger partial charge is 0.507 e. The summed E-state index contributed by atoms with van der Waals surface area (Å²) < 4.78 is 18.1. The minimum Gasteiger partial charge on any atom is -0.507 e. The first kappa shape index (κ1) is 18.9. The highest BCUT2D eigenvalue weighted by atomic mass is 16.5. The number of hydrogen-bond donors (Lipinski definition) is 1. The lowest BCUT2D eigenvalue weighted by atomic mass is 9.86. The second-order valence-electron chi connectivity index (χ2n) is 7.40. The van der Waals surface area contributed by atoms with Gasteiger partial charge in [0.2, 0.25) is 5.43 Å². The van der Waals surface area contributed by atoms with Crippen molar-refractivity contribution >= 4 is 16.9 Å². The van der Waals surface area contributed by atoms with Crippen molar-refractivity contribution in [3.05, 3.63) is 70.3 Å². The average Bonchev–Trinajstić information content (AvgIpc) is 3.19. The van der Waals surface area contributed by atoms with Crippen molar-refractivity contribution in [1.82, 2.24) is 9.78 Å². The van der Waals surface area contributed by atoms with E-state index in [-0.39, 0.29) is 34.3 Å². The Hall–Kier alpha value is -4.07. The van der Waals surface area contributed by atoms with Crippen LogP contribution in [0.4, 0.5) is 0 Å². The number of hydrogen-bond acceptors (Lipinski definition) is 7.